The average molecular weight is 320 g/mol. The SMILES string of the molecule is Cc1ccc(N(C)Cc2cccc(Br)c2)c(CO)c1. The third-order valence-electron chi connectivity index (χ3n) is 3.13. The minimum atomic E-state index is 0.0693. The number of benzene rings is 2. The van der Waals surface area contributed by atoms with Crippen molar-refractivity contribution in [3.63, 3.8) is 0 Å². The van der Waals surface area contributed by atoms with Crippen LogP contribution in [0.3, 0.4) is 0 Å². The first kappa shape index (κ1) is 14.1. The molecule has 0 fully saturated rings. The fourth-order valence-corrected chi connectivity index (χ4v) is 2.65. The van der Waals surface area contributed by atoms with Gasteiger partial charge in [0.25, 0.3) is 0 Å². The monoisotopic (exact) mass is 319 g/mol. The van der Waals surface area contributed by atoms with Crippen LogP contribution in [0.25, 0.3) is 0 Å². The molecule has 0 saturated carbocycles. The van der Waals surface area contributed by atoms with E-state index in [0.29, 0.717) is 0 Å². The highest BCUT2D eigenvalue weighted by atomic mass is 79.9. The Morgan fingerprint density at radius 2 is 1.95 bits per heavy atom. The van der Waals surface area contributed by atoms with E-state index in [0.717, 1.165) is 22.3 Å². The molecule has 0 bridgehead atoms. The van der Waals surface area contributed by atoms with Crippen molar-refractivity contribution in [2.24, 2.45) is 0 Å². The molecule has 0 aliphatic rings. The van der Waals surface area contributed by atoms with Crippen LogP contribution >= 0.6 is 15.9 Å². The second kappa shape index (κ2) is 6.22. The number of halogens is 1. The number of nitrogens with zero attached hydrogens (tertiary/aromatic N) is 1. The maximum atomic E-state index is 9.47. The highest BCUT2D eigenvalue weighted by Gasteiger charge is 2.08. The van der Waals surface area contributed by atoms with E-state index in [9.17, 15) is 5.11 Å². The van der Waals surface area contributed by atoms with Crippen LogP contribution in [0.5, 0.6) is 0 Å². The Kier molecular flexibility index (Phi) is 4.61. The molecule has 2 aromatic carbocycles. The summed E-state index contributed by atoms with van der Waals surface area (Å²) in [5.74, 6) is 0. The van der Waals surface area contributed by atoms with E-state index in [-0.39, 0.29) is 6.61 Å². The third-order valence-corrected chi connectivity index (χ3v) is 3.62. The molecule has 0 atom stereocenters. The zero-order valence-corrected chi connectivity index (χ0v) is 12.8. The Balaban J connectivity index is 2.22. The predicted octanol–water partition coefficient (Wildman–Crippen LogP) is 3.89. The summed E-state index contributed by atoms with van der Waals surface area (Å²) in [4.78, 5) is 2.16. The van der Waals surface area contributed by atoms with Gasteiger partial charge in [-0.05, 0) is 30.7 Å². The molecule has 1 N–H and O–H groups in total. The van der Waals surface area contributed by atoms with E-state index in [1.54, 1.807) is 0 Å². The minimum Gasteiger partial charge on any atom is -0.392 e. The molecule has 0 aliphatic carbocycles. The highest BCUT2D eigenvalue weighted by molar-refractivity contribution is 9.10. The molecule has 2 rings (SSSR count). The lowest BCUT2D eigenvalue weighted by Crippen LogP contribution is -2.18. The highest BCUT2D eigenvalue weighted by Crippen LogP contribution is 2.23. The van der Waals surface area contributed by atoms with Crippen molar-refractivity contribution < 1.29 is 5.11 Å². The second-order valence-corrected chi connectivity index (χ2v) is 5.69. The van der Waals surface area contributed by atoms with Crippen molar-refractivity contribution in [3.8, 4) is 0 Å². The van der Waals surface area contributed by atoms with Crippen molar-refractivity contribution in [2.45, 2.75) is 20.1 Å². The Hall–Kier alpha value is -1.32. The van der Waals surface area contributed by atoms with Crippen LogP contribution in [-0.4, -0.2) is 12.2 Å². The van der Waals surface area contributed by atoms with Crippen LogP contribution in [0.4, 0.5) is 5.69 Å². The molecule has 2 nitrogen and oxygen atoms in total. The van der Waals surface area contributed by atoms with Crippen molar-refractivity contribution in [3.05, 3.63) is 63.6 Å². The number of hydrogen-bond donors (Lipinski definition) is 1. The van der Waals surface area contributed by atoms with Gasteiger partial charge in [-0.1, -0.05) is 45.8 Å². The van der Waals surface area contributed by atoms with Crippen LogP contribution in [0, 0.1) is 6.92 Å². The van der Waals surface area contributed by atoms with Crippen LogP contribution in [0.15, 0.2) is 46.9 Å². The summed E-state index contributed by atoms with van der Waals surface area (Å²) in [5.41, 5.74) is 4.45. The third kappa shape index (κ3) is 3.58. The smallest absolute Gasteiger partial charge is 0.0702 e. The zero-order valence-electron chi connectivity index (χ0n) is 11.2. The summed E-state index contributed by atoms with van der Waals surface area (Å²) in [5, 5.41) is 9.47. The van der Waals surface area contributed by atoms with Crippen molar-refractivity contribution in [1.29, 1.82) is 0 Å². The molecule has 0 amide bonds. The molecule has 3 heteroatoms. The maximum Gasteiger partial charge on any atom is 0.0702 e. The zero-order chi connectivity index (χ0) is 13.8. The first-order valence-corrected chi connectivity index (χ1v) is 7.05. The molecule has 0 saturated heterocycles. The van der Waals surface area contributed by atoms with Gasteiger partial charge in [0, 0.05) is 29.3 Å². The Morgan fingerprint density at radius 1 is 1.16 bits per heavy atom. The molecule has 19 heavy (non-hydrogen) atoms. The summed E-state index contributed by atoms with van der Waals surface area (Å²) in [6, 6.07) is 14.5. The Labute approximate surface area is 122 Å². The van der Waals surface area contributed by atoms with E-state index < -0.39 is 0 Å². The summed E-state index contributed by atoms with van der Waals surface area (Å²) in [7, 11) is 2.05. The minimum absolute atomic E-state index is 0.0693. The van der Waals surface area contributed by atoms with E-state index in [1.807, 2.05) is 32.2 Å². The molecule has 0 unspecified atom stereocenters. The molecular formula is C16H18BrNO. The number of aliphatic hydroxyl groups is 1. The number of aliphatic hydroxyl groups excluding tert-OH is 1. The van der Waals surface area contributed by atoms with Gasteiger partial charge in [0.2, 0.25) is 0 Å². The topological polar surface area (TPSA) is 23.5 Å². The summed E-state index contributed by atoms with van der Waals surface area (Å²) in [6.07, 6.45) is 0. The van der Waals surface area contributed by atoms with E-state index >= 15 is 0 Å². The number of aryl methyl sites for hydroxylation is 1. The summed E-state index contributed by atoms with van der Waals surface area (Å²) >= 11 is 3.49. The van der Waals surface area contributed by atoms with Gasteiger partial charge in [-0.25, -0.2) is 0 Å². The van der Waals surface area contributed by atoms with Crippen molar-refractivity contribution in [2.75, 3.05) is 11.9 Å². The number of rotatable bonds is 4. The van der Waals surface area contributed by atoms with Crippen LogP contribution < -0.4 is 4.90 Å². The van der Waals surface area contributed by atoms with E-state index in [1.165, 1.54) is 11.1 Å². The quantitative estimate of drug-likeness (QED) is 0.924. The van der Waals surface area contributed by atoms with Crippen LogP contribution in [0.1, 0.15) is 16.7 Å². The Morgan fingerprint density at radius 3 is 2.63 bits per heavy atom. The first-order valence-electron chi connectivity index (χ1n) is 6.26. The molecule has 0 aliphatic heterocycles. The molecule has 100 valence electrons. The first-order chi connectivity index (χ1) is 9.10. The molecule has 0 aromatic heterocycles. The van der Waals surface area contributed by atoms with Crippen molar-refractivity contribution in [1.82, 2.24) is 0 Å². The van der Waals surface area contributed by atoms with E-state index in [4.69, 9.17) is 0 Å². The standard InChI is InChI=1S/C16H18BrNO/c1-12-6-7-16(14(8-12)11-19)18(2)10-13-4-3-5-15(17)9-13/h3-9,19H,10-11H2,1-2H3. The van der Waals surface area contributed by atoms with Crippen LogP contribution in [-0.2, 0) is 13.2 Å². The average Bonchev–Trinajstić information content (AvgIpc) is 2.38. The summed E-state index contributed by atoms with van der Waals surface area (Å²) < 4.78 is 1.09. The van der Waals surface area contributed by atoms with Gasteiger partial charge in [-0.2, -0.15) is 0 Å². The van der Waals surface area contributed by atoms with Gasteiger partial charge in [0.15, 0.2) is 0 Å². The molecule has 0 heterocycles. The van der Waals surface area contributed by atoms with Gasteiger partial charge in [0.1, 0.15) is 0 Å². The normalized spacial score (nSPS) is 10.5. The lowest BCUT2D eigenvalue weighted by atomic mass is 10.1. The summed E-state index contributed by atoms with van der Waals surface area (Å²) in [6.45, 7) is 2.92. The van der Waals surface area contributed by atoms with Crippen LogP contribution in [0.2, 0.25) is 0 Å². The predicted molar refractivity (Wildman–Crippen MR) is 83.4 cm³/mol. The lowest BCUT2D eigenvalue weighted by molar-refractivity contribution is 0.282. The van der Waals surface area contributed by atoms with Gasteiger partial charge < -0.3 is 10.0 Å². The van der Waals surface area contributed by atoms with Gasteiger partial charge in [-0.3, -0.25) is 0 Å². The maximum absolute atomic E-state index is 9.47. The Bertz CT molecular complexity index is 568. The largest absolute Gasteiger partial charge is 0.392 e. The fraction of sp³-hybridized carbons (Fsp3) is 0.250. The van der Waals surface area contributed by atoms with Crippen molar-refractivity contribution >= 4 is 21.6 Å². The van der Waals surface area contributed by atoms with Gasteiger partial charge >= 0.3 is 0 Å². The number of anilines is 1. The molecule has 0 spiro atoms. The molecule has 0 radical (unpaired) electrons. The molecular weight excluding hydrogens is 302 g/mol. The lowest BCUT2D eigenvalue weighted by Gasteiger charge is -2.22. The molecule has 2 aromatic rings. The van der Waals surface area contributed by atoms with Gasteiger partial charge in [0.05, 0.1) is 6.61 Å². The fourth-order valence-electron chi connectivity index (χ4n) is 2.21. The van der Waals surface area contributed by atoms with Gasteiger partial charge in [-0.15, -0.1) is 0 Å². The second-order valence-electron chi connectivity index (χ2n) is 4.78. The number of hydrogen-bond acceptors (Lipinski definition) is 2. The van der Waals surface area contributed by atoms with E-state index in [2.05, 4.69) is 45.1 Å².